The summed E-state index contributed by atoms with van der Waals surface area (Å²) in [5.41, 5.74) is 0. The van der Waals surface area contributed by atoms with E-state index in [0.717, 1.165) is 25.4 Å². The fraction of sp³-hybridized carbons (Fsp3) is 1.00. The summed E-state index contributed by atoms with van der Waals surface area (Å²) >= 11 is 0. The van der Waals surface area contributed by atoms with Gasteiger partial charge in [0.1, 0.15) is 0 Å². The van der Waals surface area contributed by atoms with E-state index in [2.05, 4.69) is 10.2 Å². The summed E-state index contributed by atoms with van der Waals surface area (Å²) < 4.78 is 0. The normalized spacial score (nSPS) is 32.4. The van der Waals surface area contributed by atoms with Crippen molar-refractivity contribution in [2.45, 2.75) is 18.9 Å². The molecule has 0 saturated carbocycles. The molecule has 0 radical (unpaired) electrons. The van der Waals surface area contributed by atoms with Gasteiger partial charge in [0.25, 0.3) is 0 Å². The first-order valence-corrected chi connectivity index (χ1v) is 4.96. The average molecular weight is 243 g/mol. The summed E-state index contributed by atoms with van der Waals surface area (Å²) in [6, 6.07) is 0. The molecule has 0 spiro atoms. The Morgan fingerprint density at radius 3 is 2.57 bits per heavy atom. The number of rotatable bonds is 2. The van der Waals surface area contributed by atoms with Gasteiger partial charge in [0.15, 0.2) is 0 Å². The van der Waals surface area contributed by atoms with Gasteiger partial charge < -0.3 is 15.3 Å². The standard InChI is InChI=1S/C9H18N2O.2ClH/c12-9-2-4-11(7-9)6-8-1-3-10-5-8;;/h8-10,12H,1-7H2;2*1H. The topological polar surface area (TPSA) is 35.5 Å². The molecule has 14 heavy (non-hydrogen) atoms. The van der Waals surface area contributed by atoms with Gasteiger partial charge in [-0.05, 0) is 31.8 Å². The Morgan fingerprint density at radius 2 is 2.07 bits per heavy atom. The molecule has 2 fully saturated rings. The van der Waals surface area contributed by atoms with Gasteiger partial charge in [0.2, 0.25) is 0 Å². The van der Waals surface area contributed by atoms with E-state index in [-0.39, 0.29) is 30.9 Å². The summed E-state index contributed by atoms with van der Waals surface area (Å²) in [4.78, 5) is 2.39. The summed E-state index contributed by atoms with van der Waals surface area (Å²) in [6.45, 7) is 5.53. The van der Waals surface area contributed by atoms with Crippen LogP contribution in [0.1, 0.15) is 12.8 Å². The van der Waals surface area contributed by atoms with Gasteiger partial charge in [-0.3, -0.25) is 0 Å². The number of likely N-dealkylation sites (tertiary alicyclic amines) is 1. The van der Waals surface area contributed by atoms with E-state index in [1.807, 2.05) is 0 Å². The Kier molecular flexibility index (Phi) is 7.08. The van der Waals surface area contributed by atoms with E-state index in [4.69, 9.17) is 0 Å². The zero-order valence-corrected chi connectivity index (χ0v) is 9.95. The first-order valence-electron chi connectivity index (χ1n) is 4.96. The van der Waals surface area contributed by atoms with Crippen LogP contribution in [0.5, 0.6) is 0 Å². The van der Waals surface area contributed by atoms with E-state index in [1.54, 1.807) is 0 Å². The molecule has 0 aromatic rings. The average Bonchev–Trinajstić information content (AvgIpc) is 2.63. The minimum absolute atomic E-state index is 0. The molecule has 0 amide bonds. The lowest BCUT2D eigenvalue weighted by Gasteiger charge is -2.18. The van der Waals surface area contributed by atoms with Crippen LogP contribution in [0.4, 0.5) is 0 Å². The van der Waals surface area contributed by atoms with Crippen molar-refractivity contribution in [1.82, 2.24) is 10.2 Å². The Hall–Kier alpha value is 0.460. The Balaban J connectivity index is 0.000000845. The lowest BCUT2D eigenvalue weighted by molar-refractivity contribution is 0.171. The largest absolute Gasteiger partial charge is 0.392 e. The van der Waals surface area contributed by atoms with Gasteiger partial charge >= 0.3 is 0 Å². The molecule has 2 heterocycles. The monoisotopic (exact) mass is 242 g/mol. The smallest absolute Gasteiger partial charge is 0.0679 e. The van der Waals surface area contributed by atoms with Gasteiger partial charge in [-0.1, -0.05) is 0 Å². The lowest BCUT2D eigenvalue weighted by Crippen LogP contribution is -2.29. The minimum atomic E-state index is -0.0561. The summed E-state index contributed by atoms with van der Waals surface area (Å²) in [5, 5.41) is 12.7. The van der Waals surface area contributed by atoms with Crippen LogP contribution in [0.2, 0.25) is 0 Å². The molecule has 86 valence electrons. The molecule has 2 atom stereocenters. The van der Waals surface area contributed by atoms with Crippen molar-refractivity contribution in [1.29, 1.82) is 0 Å². The third kappa shape index (κ3) is 3.91. The number of aliphatic hydroxyl groups excluding tert-OH is 1. The van der Waals surface area contributed by atoms with Crippen LogP contribution in [0, 0.1) is 5.92 Å². The number of halogens is 2. The highest BCUT2D eigenvalue weighted by molar-refractivity contribution is 5.85. The zero-order chi connectivity index (χ0) is 8.39. The van der Waals surface area contributed by atoms with Crippen molar-refractivity contribution >= 4 is 24.8 Å². The molecule has 5 heteroatoms. The predicted octanol–water partition coefficient (Wildman–Crippen LogP) is 0.506. The second-order valence-corrected chi connectivity index (χ2v) is 4.06. The second-order valence-electron chi connectivity index (χ2n) is 4.06. The van der Waals surface area contributed by atoms with Crippen molar-refractivity contribution in [2.75, 3.05) is 32.7 Å². The Morgan fingerprint density at radius 1 is 1.29 bits per heavy atom. The molecule has 0 aliphatic carbocycles. The van der Waals surface area contributed by atoms with Crippen molar-refractivity contribution in [2.24, 2.45) is 5.92 Å². The third-order valence-corrected chi connectivity index (χ3v) is 2.93. The highest BCUT2D eigenvalue weighted by atomic mass is 35.5. The first kappa shape index (κ1) is 14.5. The number of hydrogen-bond donors (Lipinski definition) is 2. The quantitative estimate of drug-likeness (QED) is 0.741. The summed E-state index contributed by atoms with van der Waals surface area (Å²) in [6.07, 6.45) is 2.23. The van der Waals surface area contributed by atoms with Crippen LogP contribution in [-0.4, -0.2) is 48.8 Å². The molecule has 2 aliphatic heterocycles. The molecular weight excluding hydrogens is 223 g/mol. The van der Waals surface area contributed by atoms with Crippen molar-refractivity contribution < 1.29 is 5.11 Å². The maximum atomic E-state index is 9.32. The first-order chi connectivity index (χ1) is 5.84. The molecule has 2 unspecified atom stereocenters. The molecule has 2 aliphatic rings. The molecule has 0 aromatic carbocycles. The molecule has 2 rings (SSSR count). The Labute approximate surface area is 98.1 Å². The third-order valence-electron chi connectivity index (χ3n) is 2.93. The van der Waals surface area contributed by atoms with Gasteiger partial charge in [-0.25, -0.2) is 0 Å². The van der Waals surface area contributed by atoms with Crippen LogP contribution in [0.3, 0.4) is 0 Å². The van der Waals surface area contributed by atoms with Crippen molar-refractivity contribution in [3.63, 3.8) is 0 Å². The molecule has 3 nitrogen and oxygen atoms in total. The molecule has 0 aromatic heterocycles. The van der Waals surface area contributed by atoms with E-state index in [0.29, 0.717) is 0 Å². The highest BCUT2D eigenvalue weighted by Gasteiger charge is 2.24. The van der Waals surface area contributed by atoms with Gasteiger partial charge in [-0.15, -0.1) is 24.8 Å². The molecular formula is C9H20Cl2N2O. The van der Waals surface area contributed by atoms with Crippen LogP contribution >= 0.6 is 24.8 Å². The fourth-order valence-corrected chi connectivity index (χ4v) is 2.21. The Bertz CT molecular complexity index is 154. The maximum Gasteiger partial charge on any atom is 0.0679 e. The number of aliphatic hydroxyl groups is 1. The van der Waals surface area contributed by atoms with Crippen LogP contribution in [0.25, 0.3) is 0 Å². The van der Waals surface area contributed by atoms with E-state index in [9.17, 15) is 5.11 Å². The summed E-state index contributed by atoms with van der Waals surface area (Å²) in [7, 11) is 0. The molecule has 2 saturated heterocycles. The van der Waals surface area contributed by atoms with E-state index in [1.165, 1.54) is 26.1 Å². The lowest BCUT2D eigenvalue weighted by atomic mass is 10.1. The maximum absolute atomic E-state index is 9.32. The SMILES string of the molecule is Cl.Cl.OC1CCN(CC2CCNC2)C1. The van der Waals surface area contributed by atoms with Crippen LogP contribution < -0.4 is 5.32 Å². The fourth-order valence-electron chi connectivity index (χ4n) is 2.21. The number of hydrogen-bond acceptors (Lipinski definition) is 3. The summed E-state index contributed by atoms with van der Waals surface area (Å²) in [5.74, 6) is 0.829. The van der Waals surface area contributed by atoms with Crippen LogP contribution in [-0.2, 0) is 0 Å². The van der Waals surface area contributed by atoms with Crippen molar-refractivity contribution in [3.05, 3.63) is 0 Å². The molecule has 0 bridgehead atoms. The van der Waals surface area contributed by atoms with Gasteiger partial charge in [0, 0.05) is 19.6 Å². The number of nitrogens with zero attached hydrogens (tertiary/aromatic N) is 1. The van der Waals surface area contributed by atoms with Gasteiger partial charge in [0.05, 0.1) is 6.10 Å². The molecule has 2 N–H and O–H groups in total. The second kappa shape index (κ2) is 6.85. The van der Waals surface area contributed by atoms with Crippen LogP contribution in [0.15, 0.2) is 0 Å². The number of nitrogens with one attached hydrogen (secondary N) is 1. The van der Waals surface area contributed by atoms with Gasteiger partial charge in [-0.2, -0.15) is 0 Å². The zero-order valence-electron chi connectivity index (χ0n) is 8.32. The van der Waals surface area contributed by atoms with Crippen molar-refractivity contribution in [3.8, 4) is 0 Å². The predicted molar refractivity (Wildman–Crippen MR) is 62.5 cm³/mol. The van der Waals surface area contributed by atoms with E-state index < -0.39 is 0 Å². The highest BCUT2D eigenvalue weighted by Crippen LogP contribution is 2.14. The number of β-amino-alcohol motifs (C(OH)–C–C–N with tert-alkyl or cyclic N) is 1. The minimum Gasteiger partial charge on any atom is -0.392 e. The van der Waals surface area contributed by atoms with E-state index >= 15 is 0 Å².